The molecule has 1 heterocycles. The minimum Gasteiger partial charge on any atom is -0.465 e. The lowest BCUT2D eigenvalue weighted by molar-refractivity contribution is 0.0600. The molecule has 0 bridgehead atoms. The van der Waals surface area contributed by atoms with E-state index in [9.17, 15) is 4.79 Å². The Morgan fingerprint density at radius 2 is 2.47 bits per heavy atom. The van der Waals surface area contributed by atoms with Crippen LogP contribution in [0.2, 0.25) is 0 Å². The number of aromatic nitrogens is 1. The SMILES string of the molecule is COC(=O)c1ccnc(C#CCC#N)c1. The number of rotatable bonds is 1. The van der Waals surface area contributed by atoms with Gasteiger partial charge in [-0.3, -0.25) is 0 Å². The fourth-order valence-electron chi connectivity index (χ4n) is 0.918. The molecule has 0 amide bonds. The fraction of sp³-hybridized carbons (Fsp3) is 0.182. The van der Waals surface area contributed by atoms with Crippen molar-refractivity contribution in [3.05, 3.63) is 29.6 Å². The third-order valence-corrected chi connectivity index (χ3v) is 1.56. The topological polar surface area (TPSA) is 63.0 Å². The number of ether oxygens (including phenoxy) is 1. The number of pyridine rings is 1. The van der Waals surface area contributed by atoms with E-state index in [2.05, 4.69) is 21.6 Å². The van der Waals surface area contributed by atoms with E-state index >= 15 is 0 Å². The molecule has 4 heteroatoms. The van der Waals surface area contributed by atoms with Gasteiger partial charge in [-0.05, 0) is 18.1 Å². The van der Waals surface area contributed by atoms with E-state index in [4.69, 9.17) is 5.26 Å². The maximum absolute atomic E-state index is 11.1. The predicted octanol–water partition coefficient (Wildman–Crippen LogP) is 1.13. The lowest BCUT2D eigenvalue weighted by Gasteiger charge is -1.97. The van der Waals surface area contributed by atoms with Crippen LogP contribution in [0.25, 0.3) is 0 Å². The van der Waals surface area contributed by atoms with Gasteiger partial charge >= 0.3 is 5.97 Å². The van der Waals surface area contributed by atoms with E-state index in [0.717, 1.165) is 0 Å². The van der Waals surface area contributed by atoms with Crippen LogP contribution in [-0.4, -0.2) is 18.1 Å². The largest absolute Gasteiger partial charge is 0.465 e. The van der Waals surface area contributed by atoms with Gasteiger partial charge in [0.2, 0.25) is 0 Å². The molecular formula is C11H8N2O2. The average molecular weight is 200 g/mol. The number of methoxy groups -OCH3 is 1. The van der Waals surface area contributed by atoms with E-state index in [0.29, 0.717) is 11.3 Å². The highest BCUT2D eigenvalue weighted by Crippen LogP contribution is 2.02. The Bertz CT molecular complexity index is 463. The quantitative estimate of drug-likeness (QED) is 0.503. The molecular weight excluding hydrogens is 192 g/mol. The molecule has 0 unspecified atom stereocenters. The number of esters is 1. The Morgan fingerprint density at radius 1 is 1.67 bits per heavy atom. The molecule has 0 aliphatic carbocycles. The van der Waals surface area contributed by atoms with E-state index in [-0.39, 0.29) is 6.42 Å². The molecule has 15 heavy (non-hydrogen) atoms. The fourth-order valence-corrected chi connectivity index (χ4v) is 0.918. The number of carbonyl (C=O) groups is 1. The highest BCUT2D eigenvalue weighted by atomic mass is 16.5. The molecule has 0 atom stereocenters. The molecule has 0 spiro atoms. The Hall–Kier alpha value is -2.33. The lowest BCUT2D eigenvalue weighted by Crippen LogP contribution is -2.01. The van der Waals surface area contributed by atoms with Crippen LogP contribution in [0.5, 0.6) is 0 Å². The highest BCUT2D eigenvalue weighted by Gasteiger charge is 2.04. The monoisotopic (exact) mass is 200 g/mol. The van der Waals surface area contributed by atoms with Crippen LogP contribution in [0.1, 0.15) is 22.5 Å². The first kappa shape index (κ1) is 10.7. The van der Waals surface area contributed by atoms with Crippen LogP contribution in [0.3, 0.4) is 0 Å². The van der Waals surface area contributed by atoms with Gasteiger partial charge in [0.15, 0.2) is 0 Å². The van der Waals surface area contributed by atoms with Crippen LogP contribution in [0.15, 0.2) is 18.3 Å². The zero-order chi connectivity index (χ0) is 11.1. The van der Waals surface area contributed by atoms with Crippen molar-refractivity contribution in [1.82, 2.24) is 4.98 Å². The molecule has 0 aliphatic rings. The number of hydrogen-bond acceptors (Lipinski definition) is 4. The van der Waals surface area contributed by atoms with Crippen molar-refractivity contribution in [1.29, 1.82) is 5.26 Å². The first-order valence-corrected chi connectivity index (χ1v) is 4.18. The van der Waals surface area contributed by atoms with Crippen molar-refractivity contribution in [3.63, 3.8) is 0 Å². The van der Waals surface area contributed by atoms with Gasteiger partial charge in [-0.2, -0.15) is 5.26 Å². The van der Waals surface area contributed by atoms with Crippen LogP contribution < -0.4 is 0 Å². The summed E-state index contributed by atoms with van der Waals surface area (Å²) in [6.45, 7) is 0. The Balaban J connectivity index is 2.90. The number of hydrogen-bond donors (Lipinski definition) is 0. The average Bonchev–Trinajstić information content (AvgIpc) is 2.29. The molecule has 0 radical (unpaired) electrons. The standard InChI is InChI=1S/C11H8N2O2/c1-15-11(14)9-5-7-13-10(8-9)4-2-3-6-12/h5,7-8H,3H2,1H3. The molecule has 1 aromatic rings. The minimum atomic E-state index is -0.430. The zero-order valence-electron chi connectivity index (χ0n) is 8.15. The summed E-state index contributed by atoms with van der Waals surface area (Å²) in [6, 6.07) is 4.96. The van der Waals surface area contributed by atoms with Gasteiger partial charge in [0.05, 0.1) is 25.2 Å². The van der Waals surface area contributed by atoms with Crippen molar-refractivity contribution < 1.29 is 9.53 Å². The van der Waals surface area contributed by atoms with Crippen molar-refractivity contribution in [3.8, 4) is 17.9 Å². The maximum Gasteiger partial charge on any atom is 0.338 e. The first-order chi connectivity index (χ1) is 7.27. The highest BCUT2D eigenvalue weighted by molar-refractivity contribution is 5.89. The molecule has 0 N–H and O–H groups in total. The molecule has 0 aliphatic heterocycles. The molecule has 0 aromatic carbocycles. The number of nitrogens with zero attached hydrogens (tertiary/aromatic N) is 2. The van der Waals surface area contributed by atoms with Crippen LogP contribution in [0, 0.1) is 23.2 Å². The van der Waals surface area contributed by atoms with Gasteiger partial charge in [-0.25, -0.2) is 9.78 Å². The summed E-state index contributed by atoms with van der Waals surface area (Å²) in [5, 5.41) is 8.28. The lowest BCUT2D eigenvalue weighted by atomic mass is 10.2. The van der Waals surface area contributed by atoms with Crippen LogP contribution in [0.4, 0.5) is 0 Å². The van der Waals surface area contributed by atoms with Crippen LogP contribution >= 0.6 is 0 Å². The molecule has 4 nitrogen and oxygen atoms in total. The van der Waals surface area contributed by atoms with Gasteiger partial charge < -0.3 is 4.74 Å². The number of carbonyl (C=O) groups excluding carboxylic acids is 1. The Morgan fingerprint density at radius 3 is 3.13 bits per heavy atom. The Kier molecular flexibility index (Phi) is 3.88. The normalized spacial score (nSPS) is 8.27. The third kappa shape index (κ3) is 3.13. The second kappa shape index (κ2) is 5.41. The summed E-state index contributed by atoms with van der Waals surface area (Å²) in [6.07, 6.45) is 1.62. The molecule has 1 rings (SSSR count). The van der Waals surface area contributed by atoms with Gasteiger partial charge in [-0.15, -0.1) is 0 Å². The first-order valence-electron chi connectivity index (χ1n) is 4.18. The van der Waals surface area contributed by atoms with Crippen molar-refractivity contribution >= 4 is 5.97 Å². The van der Waals surface area contributed by atoms with E-state index in [1.807, 2.05) is 6.07 Å². The molecule has 0 fully saturated rings. The summed E-state index contributed by atoms with van der Waals surface area (Å²) in [4.78, 5) is 15.1. The molecule has 0 saturated carbocycles. The van der Waals surface area contributed by atoms with E-state index in [1.165, 1.54) is 19.4 Å². The van der Waals surface area contributed by atoms with Crippen molar-refractivity contribution in [2.45, 2.75) is 6.42 Å². The molecule has 74 valence electrons. The summed E-state index contributed by atoms with van der Waals surface area (Å²) in [5.41, 5.74) is 0.849. The summed E-state index contributed by atoms with van der Waals surface area (Å²) in [7, 11) is 1.31. The molecule has 0 saturated heterocycles. The van der Waals surface area contributed by atoms with E-state index in [1.54, 1.807) is 6.07 Å². The number of nitriles is 1. The van der Waals surface area contributed by atoms with Crippen molar-refractivity contribution in [2.75, 3.05) is 7.11 Å². The predicted molar refractivity (Wildman–Crippen MR) is 52.7 cm³/mol. The smallest absolute Gasteiger partial charge is 0.338 e. The van der Waals surface area contributed by atoms with Gasteiger partial charge in [0.1, 0.15) is 5.69 Å². The molecule has 1 aromatic heterocycles. The van der Waals surface area contributed by atoms with Crippen molar-refractivity contribution in [2.24, 2.45) is 0 Å². The summed E-state index contributed by atoms with van der Waals surface area (Å²) in [5.74, 6) is 4.85. The Labute approximate surface area is 87.5 Å². The van der Waals surface area contributed by atoms with Gasteiger partial charge in [-0.1, -0.05) is 5.92 Å². The summed E-state index contributed by atoms with van der Waals surface area (Å²) < 4.78 is 4.55. The summed E-state index contributed by atoms with van der Waals surface area (Å²) >= 11 is 0. The second-order valence-corrected chi connectivity index (χ2v) is 2.56. The zero-order valence-corrected chi connectivity index (χ0v) is 8.15. The van der Waals surface area contributed by atoms with Crippen LogP contribution in [-0.2, 0) is 4.74 Å². The van der Waals surface area contributed by atoms with Gasteiger partial charge in [0.25, 0.3) is 0 Å². The van der Waals surface area contributed by atoms with Gasteiger partial charge in [0, 0.05) is 6.20 Å². The third-order valence-electron chi connectivity index (χ3n) is 1.56. The van der Waals surface area contributed by atoms with E-state index < -0.39 is 5.97 Å². The second-order valence-electron chi connectivity index (χ2n) is 2.56. The minimum absolute atomic E-state index is 0.143. The maximum atomic E-state index is 11.1.